The van der Waals surface area contributed by atoms with Crippen LogP contribution in [0.5, 0.6) is 0 Å². The highest BCUT2D eigenvalue weighted by Crippen LogP contribution is 2.18. The van der Waals surface area contributed by atoms with Crippen molar-refractivity contribution < 1.29 is 30.8 Å². The average molecular weight is 438 g/mol. The van der Waals surface area contributed by atoms with Crippen LogP contribution in [0.15, 0.2) is 18.7 Å². The van der Waals surface area contributed by atoms with Gasteiger partial charge in [-0.05, 0) is 32.1 Å². The topological polar surface area (TPSA) is 90.9 Å². The van der Waals surface area contributed by atoms with Gasteiger partial charge in [-0.2, -0.15) is 8.42 Å². The number of aromatic nitrogens is 2. The highest BCUT2D eigenvalue weighted by Gasteiger charge is 2.36. The largest absolute Gasteiger partial charge is 0.500 e. The summed E-state index contributed by atoms with van der Waals surface area (Å²) in [6.45, 7) is 1.75. The Morgan fingerprint density at radius 2 is 1.54 bits per heavy atom. The van der Waals surface area contributed by atoms with E-state index >= 15 is 0 Å². The lowest BCUT2D eigenvalue weighted by Gasteiger charge is -2.24. The Hall–Kier alpha value is -0.783. The number of hydrogen-bond donors (Lipinski definition) is 1. The zero-order chi connectivity index (χ0) is 20.9. The molecule has 0 aliphatic rings. The van der Waals surface area contributed by atoms with Crippen LogP contribution < -0.4 is 4.57 Å². The summed E-state index contributed by atoms with van der Waals surface area (Å²) in [4.78, 5) is 0. The van der Waals surface area contributed by atoms with Gasteiger partial charge in [0.15, 0.2) is 0 Å². The molecular formula is C18H37N2O6SSi+. The molecule has 8 nitrogen and oxygen atoms in total. The van der Waals surface area contributed by atoms with Crippen LogP contribution in [0.25, 0.3) is 0 Å². The standard InChI is InChI=1S/C18H36N2O6SSi/c1-24-28(25-2,26-3)17-11-7-5-4-6-8-12-19-14-15-20(18-19)13-9-10-16-27(21,22)23/h14-15,18H,4-13,16-17H2,1-3H3/p+1. The first-order valence-electron chi connectivity index (χ1n) is 9.99. The molecule has 0 aromatic carbocycles. The lowest BCUT2D eigenvalue weighted by molar-refractivity contribution is -0.696. The van der Waals surface area contributed by atoms with Gasteiger partial charge in [-0.15, -0.1) is 0 Å². The Balaban J connectivity index is 2.07. The second kappa shape index (κ2) is 13.4. The van der Waals surface area contributed by atoms with Gasteiger partial charge < -0.3 is 13.3 Å². The van der Waals surface area contributed by atoms with Gasteiger partial charge in [-0.3, -0.25) is 4.55 Å². The Morgan fingerprint density at radius 3 is 2.14 bits per heavy atom. The van der Waals surface area contributed by atoms with E-state index in [4.69, 9.17) is 17.8 Å². The molecule has 0 atom stereocenters. The molecule has 1 heterocycles. The number of hydrogen-bond acceptors (Lipinski definition) is 5. The summed E-state index contributed by atoms with van der Waals surface area (Å²) in [5.41, 5.74) is 0. The maximum Gasteiger partial charge on any atom is 0.500 e. The summed E-state index contributed by atoms with van der Waals surface area (Å²) in [6, 6.07) is 0.865. The summed E-state index contributed by atoms with van der Waals surface area (Å²) in [5, 5.41) is 0. The molecule has 10 heteroatoms. The Bertz CT molecular complexity index is 626. The monoisotopic (exact) mass is 437 g/mol. The van der Waals surface area contributed by atoms with Crippen LogP contribution >= 0.6 is 0 Å². The molecule has 1 aromatic rings. The normalized spacial score (nSPS) is 12.6. The van der Waals surface area contributed by atoms with Gasteiger partial charge in [0.05, 0.1) is 18.8 Å². The minimum atomic E-state index is -3.84. The first-order valence-corrected chi connectivity index (χ1v) is 13.5. The predicted molar refractivity (Wildman–Crippen MR) is 110 cm³/mol. The molecule has 0 unspecified atom stereocenters. The SMILES string of the molecule is CO[Si](CCCCCCCC[n+]1ccn(CCCCS(=O)(=O)O)c1)(OC)OC. The fourth-order valence-electron chi connectivity index (χ4n) is 3.18. The molecule has 0 saturated heterocycles. The fraction of sp³-hybridized carbons (Fsp3) is 0.833. The molecule has 0 radical (unpaired) electrons. The van der Waals surface area contributed by atoms with Crippen molar-refractivity contribution in [1.82, 2.24) is 4.57 Å². The molecule has 1 N–H and O–H groups in total. The van der Waals surface area contributed by atoms with Crippen molar-refractivity contribution in [2.24, 2.45) is 0 Å². The van der Waals surface area contributed by atoms with Crippen LogP contribution in [-0.2, 0) is 36.5 Å². The molecular weight excluding hydrogens is 400 g/mol. The second-order valence-corrected chi connectivity index (χ2v) is 11.7. The third-order valence-corrected chi connectivity index (χ3v) is 8.53. The number of nitrogens with zero attached hydrogens (tertiary/aromatic N) is 2. The molecule has 1 rings (SSSR count). The van der Waals surface area contributed by atoms with Crippen molar-refractivity contribution in [1.29, 1.82) is 0 Å². The van der Waals surface area contributed by atoms with Gasteiger partial charge in [0.25, 0.3) is 10.1 Å². The van der Waals surface area contributed by atoms with Crippen molar-refractivity contribution in [2.45, 2.75) is 70.5 Å². The van der Waals surface area contributed by atoms with E-state index in [2.05, 4.69) is 15.5 Å². The smallest absolute Gasteiger partial charge is 0.377 e. The molecule has 28 heavy (non-hydrogen) atoms. The zero-order valence-electron chi connectivity index (χ0n) is 17.5. The van der Waals surface area contributed by atoms with E-state index in [9.17, 15) is 8.42 Å². The van der Waals surface area contributed by atoms with Crippen LogP contribution in [-0.4, -0.2) is 53.4 Å². The lowest BCUT2D eigenvalue weighted by Crippen LogP contribution is -2.42. The van der Waals surface area contributed by atoms with E-state index in [1.807, 2.05) is 12.4 Å². The molecule has 0 bridgehead atoms. The summed E-state index contributed by atoms with van der Waals surface area (Å²) in [5.74, 6) is -0.167. The molecule has 0 fully saturated rings. The number of rotatable bonds is 17. The predicted octanol–water partition coefficient (Wildman–Crippen LogP) is 2.66. The van der Waals surface area contributed by atoms with Crippen molar-refractivity contribution in [3.05, 3.63) is 18.7 Å². The third kappa shape index (κ3) is 10.7. The Labute approximate surface area is 170 Å². The quantitative estimate of drug-likeness (QED) is 0.174. The first kappa shape index (κ1) is 25.3. The minimum Gasteiger partial charge on any atom is -0.377 e. The maximum absolute atomic E-state index is 10.7. The van der Waals surface area contributed by atoms with Crippen LogP contribution in [0.2, 0.25) is 6.04 Å². The Morgan fingerprint density at radius 1 is 0.929 bits per heavy atom. The summed E-state index contributed by atoms with van der Waals surface area (Å²) >= 11 is 0. The van der Waals surface area contributed by atoms with Gasteiger partial charge in [0.1, 0.15) is 12.4 Å². The van der Waals surface area contributed by atoms with Crippen LogP contribution in [0, 0.1) is 0 Å². The molecule has 0 amide bonds. The van der Waals surface area contributed by atoms with Gasteiger partial charge in [0.2, 0.25) is 6.33 Å². The Kier molecular flexibility index (Phi) is 12.1. The van der Waals surface area contributed by atoms with E-state index in [0.29, 0.717) is 6.42 Å². The van der Waals surface area contributed by atoms with Crippen LogP contribution in [0.1, 0.15) is 51.4 Å². The van der Waals surface area contributed by atoms with Crippen molar-refractivity contribution in [3.8, 4) is 0 Å². The van der Waals surface area contributed by atoms with E-state index in [1.165, 1.54) is 19.3 Å². The highest BCUT2D eigenvalue weighted by atomic mass is 32.2. The van der Waals surface area contributed by atoms with Gasteiger partial charge in [0, 0.05) is 27.4 Å². The molecule has 1 aromatic heterocycles. The first-order chi connectivity index (χ1) is 13.3. The van der Waals surface area contributed by atoms with Crippen LogP contribution in [0.3, 0.4) is 0 Å². The van der Waals surface area contributed by atoms with E-state index in [1.54, 1.807) is 21.3 Å². The molecule has 0 saturated carbocycles. The molecule has 0 aliphatic heterocycles. The minimum absolute atomic E-state index is 0.167. The summed E-state index contributed by atoms with van der Waals surface area (Å²) in [7, 11) is -1.27. The highest BCUT2D eigenvalue weighted by molar-refractivity contribution is 7.85. The van der Waals surface area contributed by atoms with Crippen molar-refractivity contribution in [3.63, 3.8) is 0 Å². The third-order valence-electron chi connectivity index (χ3n) is 4.90. The average Bonchev–Trinajstić information content (AvgIpc) is 3.12. The maximum atomic E-state index is 10.7. The lowest BCUT2D eigenvalue weighted by atomic mass is 10.1. The second-order valence-electron chi connectivity index (χ2n) is 7.05. The fourth-order valence-corrected chi connectivity index (χ4v) is 5.55. The van der Waals surface area contributed by atoms with Crippen LogP contribution in [0.4, 0.5) is 0 Å². The van der Waals surface area contributed by atoms with Crippen molar-refractivity contribution >= 4 is 18.9 Å². The van der Waals surface area contributed by atoms with Gasteiger partial charge in [-0.25, -0.2) is 9.13 Å². The van der Waals surface area contributed by atoms with E-state index in [-0.39, 0.29) is 5.75 Å². The van der Waals surface area contributed by atoms with Gasteiger partial charge >= 0.3 is 8.80 Å². The van der Waals surface area contributed by atoms with E-state index in [0.717, 1.165) is 44.8 Å². The van der Waals surface area contributed by atoms with Gasteiger partial charge in [-0.1, -0.05) is 19.3 Å². The molecule has 164 valence electrons. The van der Waals surface area contributed by atoms with E-state index < -0.39 is 18.9 Å². The number of unbranched alkanes of at least 4 members (excludes halogenated alkanes) is 6. The molecule has 0 spiro atoms. The number of aryl methyl sites for hydroxylation is 2. The van der Waals surface area contributed by atoms with Crippen molar-refractivity contribution in [2.75, 3.05) is 27.1 Å². The summed E-state index contributed by atoms with van der Waals surface area (Å²) in [6.07, 6.45) is 14.3. The molecule has 0 aliphatic carbocycles. The summed E-state index contributed by atoms with van der Waals surface area (Å²) < 4.78 is 50.6. The zero-order valence-corrected chi connectivity index (χ0v) is 19.3. The number of imidazole rings is 1.